The van der Waals surface area contributed by atoms with E-state index in [9.17, 15) is 20.0 Å². The number of amides is 2. The average Bonchev–Trinajstić information content (AvgIpc) is 3.24. The van der Waals surface area contributed by atoms with Gasteiger partial charge in [0.2, 0.25) is 5.91 Å². The molecule has 2 aromatic heterocycles. The molecule has 0 fully saturated rings. The molecular weight excluding hydrogens is 438 g/mol. The van der Waals surface area contributed by atoms with Gasteiger partial charge in [-0.15, -0.1) is 11.3 Å². The fraction of sp³-hybridized carbons (Fsp3) is 0.250. The topological polar surface area (TPSA) is 135 Å². The minimum absolute atomic E-state index is 0.202. The van der Waals surface area contributed by atoms with Crippen molar-refractivity contribution in [1.82, 2.24) is 5.27 Å². The molecule has 2 amide bonds. The van der Waals surface area contributed by atoms with Crippen molar-refractivity contribution < 1.29 is 23.9 Å². The number of hydrogen-bond donors (Lipinski definition) is 2. The summed E-state index contributed by atoms with van der Waals surface area (Å²) in [6.45, 7) is 3.47. The Bertz CT molecular complexity index is 1130. The van der Waals surface area contributed by atoms with Gasteiger partial charge in [0.1, 0.15) is 11.1 Å². The lowest BCUT2D eigenvalue weighted by molar-refractivity contribution is -0.772. The second-order valence-electron chi connectivity index (χ2n) is 6.49. The molecule has 1 unspecified atom stereocenters. The lowest BCUT2D eigenvalue weighted by atomic mass is 10.1. The largest absolute Gasteiger partial charge is 0.538 e. The molecule has 0 saturated carbocycles. The fourth-order valence-corrected chi connectivity index (χ4v) is 4.72. The van der Waals surface area contributed by atoms with Crippen molar-refractivity contribution >= 4 is 45.6 Å². The van der Waals surface area contributed by atoms with Crippen LogP contribution in [-0.2, 0) is 11.8 Å². The van der Waals surface area contributed by atoms with Crippen LogP contribution in [0.5, 0.6) is 5.95 Å². The number of thiophene rings is 1. The van der Waals surface area contributed by atoms with Crippen LogP contribution in [0.1, 0.15) is 34.1 Å². The number of nitrogens with zero attached hydrogens (tertiary/aromatic N) is 3. The highest BCUT2D eigenvalue weighted by Crippen LogP contribution is 2.35. The molecule has 0 aliphatic heterocycles. The van der Waals surface area contributed by atoms with Crippen molar-refractivity contribution in [2.24, 2.45) is 7.05 Å². The van der Waals surface area contributed by atoms with E-state index >= 15 is 0 Å². The van der Waals surface area contributed by atoms with E-state index < -0.39 is 11.2 Å². The van der Waals surface area contributed by atoms with E-state index in [-0.39, 0.29) is 22.4 Å². The number of aromatic nitrogens is 2. The predicted molar refractivity (Wildman–Crippen MR) is 114 cm³/mol. The zero-order valence-electron chi connectivity index (χ0n) is 17.0. The number of thioether (sulfide) groups is 1. The minimum Gasteiger partial charge on any atom is -0.538 e. The Morgan fingerprint density at radius 2 is 2.06 bits per heavy atom. The van der Waals surface area contributed by atoms with Gasteiger partial charge in [0.25, 0.3) is 10.9 Å². The minimum atomic E-state index is -0.622. The van der Waals surface area contributed by atoms with Gasteiger partial charge in [-0.3, -0.25) is 9.59 Å². The van der Waals surface area contributed by atoms with Gasteiger partial charge < -0.3 is 20.3 Å². The average molecular weight is 458 g/mol. The number of aryl methyl sites for hydroxylation is 1. The van der Waals surface area contributed by atoms with Crippen LogP contribution in [0, 0.1) is 18.3 Å². The summed E-state index contributed by atoms with van der Waals surface area (Å²) in [5, 5.41) is 30.3. The Kier molecular flexibility index (Phi) is 6.94. The van der Waals surface area contributed by atoms with Gasteiger partial charge in [0.15, 0.2) is 13.0 Å². The highest BCUT2D eigenvalue weighted by atomic mass is 32.2. The summed E-state index contributed by atoms with van der Waals surface area (Å²) in [6, 6.07) is 11.0. The van der Waals surface area contributed by atoms with Gasteiger partial charge in [-0.2, -0.15) is 5.26 Å². The SMILES string of the molecule is CCC(Sc1c([O-])on[n+]1C)C(=O)Nc1sc(C(=O)Nc2ccccc2)c(C)c1C#N. The third-order valence-electron chi connectivity index (χ3n) is 4.37. The molecule has 3 aromatic rings. The maximum Gasteiger partial charge on any atom is 0.291 e. The van der Waals surface area contributed by atoms with Crippen LogP contribution in [0.3, 0.4) is 0 Å². The molecule has 1 aromatic carbocycles. The molecule has 9 nitrogen and oxygen atoms in total. The van der Waals surface area contributed by atoms with Crippen LogP contribution in [0.4, 0.5) is 10.7 Å². The van der Waals surface area contributed by atoms with Crippen LogP contribution >= 0.6 is 23.1 Å². The summed E-state index contributed by atoms with van der Waals surface area (Å²) in [5.74, 6) is -1.37. The molecule has 0 spiro atoms. The number of rotatable bonds is 7. The van der Waals surface area contributed by atoms with Crippen LogP contribution in [0.25, 0.3) is 0 Å². The third-order valence-corrected chi connectivity index (χ3v) is 7.06. The van der Waals surface area contributed by atoms with Crippen LogP contribution in [0.15, 0.2) is 39.9 Å². The van der Waals surface area contributed by atoms with Crippen molar-refractivity contribution in [3.05, 3.63) is 46.3 Å². The maximum absolute atomic E-state index is 12.8. The molecule has 160 valence electrons. The first-order valence-corrected chi connectivity index (χ1v) is 11.0. The quantitative estimate of drug-likeness (QED) is 0.411. The number of benzene rings is 1. The van der Waals surface area contributed by atoms with Crippen LogP contribution < -0.4 is 20.4 Å². The Hall–Kier alpha value is -3.36. The number of carbonyl (C=O) groups is 2. The molecule has 31 heavy (non-hydrogen) atoms. The van der Waals surface area contributed by atoms with E-state index in [1.54, 1.807) is 45.2 Å². The van der Waals surface area contributed by atoms with Crippen LogP contribution in [-0.4, -0.2) is 22.3 Å². The standard InChI is InChI=1S/C20H19N5O4S2/c1-4-14(30-19-20(28)29-24-25(19)3)16(26)23-18-13(10-21)11(2)15(31-18)17(27)22-12-8-6-5-7-9-12/h5-9,14H,4H2,1-3H3,(H2-,22,23,24,26,27,28). The van der Waals surface area contributed by atoms with E-state index in [1.807, 2.05) is 6.07 Å². The van der Waals surface area contributed by atoms with E-state index in [2.05, 4.69) is 26.5 Å². The molecule has 2 heterocycles. The van der Waals surface area contributed by atoms with Crippen molar-refractivity contribution in [3.8, 4) is 12.0 Å². The highest BCUT2D eigenvalue weighted by molar-refractivity contribution is 8.00. The van der Waals surface area contributed by atoms with E-state index in [0.29, 0.717) is 27.5 Å². The van der Waals surface area contributed by atoms with Crippen molar-refractivity contribution in [2.45, 2.75) is 30.5 Å². The third kappa shape index (κ3) is 4.87. The Balaban J connectivity index is 1.80. The first-order valence-electron chi connectivity index (χ1n) is 9.26. The lowest BCUT2D eigenvalue weighted by Gasteiger charge is -2.12. The highest BCUT2D eigenvalue weighted by Gasteiger charge is 2.28. The second-order valence-corrected chi connectivity index (χ2v) is 8.70. The molecule has 0 radical (unpaired) electrons. The molecular formula is C20H19N5O4S2. The maximum atomic E-state index is 12.8. The first-order chi connectivity index (χ1) is 14.8. The summed E-state index contributed by atoms with van der Waals surface area (Å²) in [7, 11) is 1.55. The van der Waals surface area contributed by atoms with E-state index in [1.165, 1.54) is 4.68 Å². The number of nitrogens with one attached hydrogen (secondary N) is 2. The van der Waals surface area contributed by atoms with Gasteiger partial charge in [0.05, 0.1) is 21.0 Å². The van der Waals surface area contributed by atoms with E-state index in [0.717, 1.165) is 23.1 Å². The molecule has 0 aliphatic carbocycles. The normalized spacial score (nSPS) is 11.5. The van der Waals surface area contributed by atoms with Crippen LogP contribution in [0.2, 0.25) is 0 Å². The van der Waals surface area contributed by atoms with Crippen molar-refractivity contribution in [3.63, 3.8) is 0 Å². The van der Waals surface area contributed by atoms with Crippen molar-refractivity contribution in [2.75, 3.05) is 10.6 Å². The Morgan fingerprint density at radius 3 is 2.65 bits per heavy atom. The zero-order valence-corrected chi connectivity index (χ0v) is 18.6. The summed E-state index contributed by atoms with van der Waals surface area (Å²) in [4.78, 5) is 25.9. The number of anilines is 2. The van der Waals surface area contributed by atoms with E-state index in [4.69, 9.17) is 0 Å². The molecule has 0 bridgehead atoms. The predicted octanol–water partition coefficient (Wildman–Crippen LogP) is 2.58. The molecule has 0 saturated heterocycles. The molecule has 0 aliphatic rings. The number of nitriles is 1. The van der Waals surface area contributed by atoms with Gasteiger partial charge in [-0.05, 0) is 42.8 Å². The number of carbonyl (C=O) groups excluding carboxylic acids is 2. The zero-order chi connectivity index (χ0) is 22.5. The fourth-order valence-electron chi connectivity index (χ4n) is 2.74. The molecule has 1 atom stereocenters. The number of para-hydroxylation sites is 1. The second kappa shape index (κ2) is 9.63. The van der Waals surface area contributed by atoms with Crippen molar-refractivity contribution in [1.29, 1.82) is 5.26 Å². The lowest BCUT2D eigenvalue weighted by Crippen LogP contribution is -2.34. The molecule has 2 N–H and O–H groups in total. The summed E-state index contributed by atoms with van der Waals surface area (Å²) >= 11 is 2.07. The number of hydrogen-bond acceptors (Lipinski definition) is 8. The summed E-state index contributed by atoms with van der Waals surface area (Å²) < 4.78 is 5.86. The Labute approximate surface area is 186 Å². The first kappa shape index (κ1) is 22.3. The van der Waals surface area contributed by atoms with Gasteiger partial charge in [-0.1, -0.05) is 29.8 Å². The van der Waals surface area contributed by atoms with Gasteiger partial charge in [0, 0.05) is 5.69 Å². The molecule has 3 rings (SSSR count). The Morgan fingerprint density at radius 1 is 1.35 bits per heavy atom. The monoisotopic (exact) mass is 457 g/mol. The van der Waals surface area contributed by atoms with Gasteiger partial charge in [-0.25, -0.2) is 0 Å². The molecule has 11 heteroatoms. The summed E-state index contributed by atoms with van der Waals surface area (Å²) in [5.41, 5.74) is 1.35. The van der Waals surface area contributed by atoms with Gasteiger partial charge >= 0.3 is 0 Å². The summed E-state index contributed by atoms with van der Waals surface area (Å²) in [6.07, 6.45) is 0.425. The smallest absolute Gasteiger partial charge is 0.291 e.